The van der Waals surface area contributed by atoms with E-state index < -0.39 is 0 Å². The van der Waals surface area contributed by atoms with Gasteiger partial charge in [0, 0.05) is 6.04 Å². The molecule has 0 saturated heterocycles. The Morgan fingerprint density at radius 3 is 2.76 bits per heavy atom. The predicted octanol–water partition coefficient (Wildman–Crippen LogP) is 3.79. The van der Waals surface area contributed by atoms with Crippen LogP contribution in [-0.2, 0) is 0 Å². The molecule has 1 aromatic rings. The van der Waals surface area contributed by atoms with Crippen molar-refractivity contribution in [2.24, 2.45) is 5.41 Å². The van der Waals surface area contributed by atoms with Crippen molar-refractivity contribution in [1.29, 1.82) is 0 Å². The lowest BCUT2D eigenvalue weighted by atomic mass is 9.73. The lowest BCUT2D eigenvalue weighted by Gasteiger charge is -2.39. The van der Waals surface area contributed by atoms with Crippen LogP contribution >= 0.6 is 0 Å². The minimum atomic E-state index is -0.258. The van der Waals surface area contributed by atoms with E-state index in [1.165, 1.54) is 25.3 Å². The number of para-hydroxylation sites is 1. The second-order valence-corrected chi connectivity index (χ2v) is 5.64. The van der Waals surface area contributed by atoms with Crippen LogP contribution in [0, 0.1) is 11.2 Å². The van der Waals surface area contributed by atoms with E-state index in [0.717, 1.165) is 6.42 Å². The molecule has 1 aliphatic carbocycles. The third-order valence-corrected chi connectivity index (χ3v) is 3.87. The van der Waals surface area contributed by atoms with Gasteiger partial charge < -0.3 is 11.1 Å². The molecule has 3 N–H and O–H groups in total. The zero-order chi connectivity index (χ0) is 12.5. The van der Waals surface area contributed by atoms with E-state index in [-0.39, 0.29) is 11.2 Å². The molecule has 1 aromatic carbocycles. The number of nitrogens with two attached hydrogens (primary N) is 1. The van der Waals surface area contributed by atoms with E-state index in [9.17, 15) is 4.39 Å². The van der Waals surface area contributed by atoms with Crippen LogP contribution in [0.3, 0.4) is 0 Å². The van der Waals surface area contributed by atoms with Gasteiger partial charge in [0.05, 0.1) is 11.4 Å². The molecule has 1 fully saturated rings. The Labute approximate surface area is 102 Å². The summed E-state index contributed by atoms with van der Waals surface area (Å²) in [5.74, 6) is -0.258. The predicted molar refractivity (Wildman–Crippen MR) is 70.5 cm³/mol. The minimum absolute atomic E-state index is 0.201. The number of nitrogen functional groups attached to an aromatic ring is 1. The summed E-state index contributed by atoms with van der Waals surface area (Å²) < 4.78 is 13.7. The first kappa shape index (κ1) is 12.2. The van der Waals surface area contributed by atoms with Crippen molar-refractivity contribution in [3.63, 3.8) is 0 Å². The molecule has 0 aliphatic heterocycles. The Hall–Kier alpha value is -1.25. The van der Waals surface area contributed by atoms with Crippen LogP contribution in [0.15, 0.2) is 18.2 Å². The quantitative estimate of drug-likeness (QED) is 0.767. The first-order valence-corrected chi connectivity index (χ1v) is 6.31. The van der Waals surface area contributed by atoms with Gasteiger partial charge in [-0.15, -0.1) is 0 Å². The molecule has 0 bridgehead atoms. The first-order valence-electron chi connectivity index (χ1n) is 6.31. The summed E-state index contributed by atoms with van der Waals surface area (Å²) in [5, 5.41) is 3.31. The molecule has 0 amide bonds. The summed E-state index contributed by atoms with van der Waals surface area (Å²) in [4.78, 5) is 0. The van der Waals surface area contributed by atoms with Crippen LogP contribution in [0.4, 0.5) is 15.8 Å². The Bertz CT molecular complexity index is 381. The molecule has 2 rings (SSSR count). The fourth-order valence-corrected chi connectivity index (χ4v) is 2.63. The van der Waals surface area contributed by atoms with Crippen molar-refractivity contribution in [1.82, 2.24) is 0 Å². The van der Waals surface area contributed by atoms with E-state index in [1.807, 2.05) is 0 Å². The van der Waals surface area contributed by atoms with E-state index in [4.69, 9.17) is 5.73 Å². The molecule has 0 aromatic heterocycles. The number of anilines is 2. The maximum atomic E-state index is 13.7. The largest absolute Gasteiger partial charge is 0.397 e. The Morgan fingerprint density at radius 1 is 1.35 bits per heavy atom. The molecular formula is C14H21FN2. The van der Waals surface area contributed by atoms with Crippen LogP contribution in [0.25, 0.3) is 0 Å². The molecule has 0 radical (unpaired) electrons. The number of hydrogen-bond donors (Lipinski definition) is 2. The molecular weight excluding hydrogens is 215 g/mol. The van der Waals surface area contributed by atoms with Gasteiger partial charge >= 0.3 is 0 Å². The highest BCUT2D eigenvalue weighted by atomic mass is 19.1. The van der Waals surface area contributed by atoms with Crippen molar-refractivity contribution in [2.75, 3.05) is 11.1 Å². The monoisotopic (exact) mass is 236 g/mol. The topological polar surface area (TPSA) is 38.0 Å². The fraction of sp³-hybridized carbons (Fsp3) is 0.571. The second kappa shape index (κ2) is 4.55. The number of halogens is 1. The molecule has 1 aliphatic rings. The number of rotatable bonds is 2. The third kappa shape index (κ3) is 2.54. The van der Waals surface area contributed by atoms with Gasteiger partial charge in [-0.05, 0) is 30.4 Å². The lowest BCUT2D eigenvalue weighted by Crippen LogP contribution is -2.39. The van der Waals surface area contributed by atoms with Gasteiger partial charge in [-0.1, -0.05) is 32.8 Å². The van der Waals surface area contributed by atoms with Crippen molar-refractivity contribution in [2.45, 2.75) is 45.6 Å². The van der Waals surface area contributed by atoms with Gasteiger partial charge in [0.1, 0.15) is 5.82 Å². The van der Waals surface area contributed by atoms with Crippen molar-refractivity contribution < 1.29 is 4.39 Å². The zero-order valence-corrected chi connectivity index (χ0v) is 10.6. The van der Waals surface area contributed by atoms with Crippen molar-refractivity contribution in [3.05, 3.63) is 24.0 Å². The Kier molecular flexibility index (Phi) is 3.27. The summed E-state index contributed by atoms with van der Waals surface area (Å²) in [6.07, 6.45) is 4.73. The third-order valence-electron chi connectivity index (χ3n) is 3.87. The Morgan fingerprint density at radius 2 is 2.12 bits per heavy atom. The second-order valence-electron chi connectivity index (χ2n) is 5.64. The number of benzene rings is 1. The van der Waals surface area contributed by atoms with E-state index in [2.05, 4.69) is 19.2 Å². The molecule has 0 spiro atoms. The molecule has 1 atom stereocenters. The molecule has 1 saturated carbocycles. The number of hydrogen-bond acceptors (Lipinski definition) is 2. The van der Waals surface area contributed by atoms with Gasteiger partial charge in [-0.3, -0.25) is 0 Å². The van der Waals surface area contributed by atoms with Crippen LogP contribution in [0.2, 0.25) is 0 Å². The smallest absolute Gasteiger partial charge is 0.148 e. The van der Waals surface area contributed by atoms with Gasteiger partial charge in [-0.2, -0.15) is 0 Å². The summed E-state index contributed by atoms with van der Waals surface area (Å²) >= 11 is 0. The van der Waals surface area contributed by atoms with Crippen LogP contribution < -0.4 is 11.1 Å². The van der Waals surface area contributed by atoms with E-state index in [1.54, 1.807) is 12.1 Å². The average Bonchev–Trinajstić information content (AvgIpc) is 2.25. The van der Waals surface area contributed by atoms with Crippen LogP contribution in [0.1, 0.15) is 39.5 Å². The van der Waals surface area contributed by atoms with Crippen LogP contribution in [0.5, 0.6) is 0 Å². The standard InChI is InChI=1S/C14H21FN2/c1-14(2)9-4-3-8-12(14)17-13-10(15)6-5-7-11(13)16/h5-7,12,17H,3-4,8-9,16H2,1-2H3. The molecule has 1 unspecified atom stereocenters. The minimum Gasteiger partial charge on any atom is -0.397 e. The fourth-order valence-electron chi connectivity index (χ4n) is 2.63. The summed E-state index contributed by atoms with van der Waals surface area (Å²) in [6, 6.07) is 5.13. The number of nitrogens with one attached hydrogen (secondary N) is 1. The first-order chi connectivity index (χ1) is 8.00. The maximum absolute atomic E-state index is 13.7. The van der Waals surface area contributed by atoms with Crippen LogP contribution in [-0.4, -0.2) is 6.04 Å². The summed E-state index contributed by atoms with van der Waals surface area (Å²) in [7, 11) is 0. The van der Waals surface area contributed by atoms with Crippen molar-refractivity contribution >= 4 is 11.4 Å². The lowest BCUT2D eigenvalue weighted by molar-refractivity contribution is 0.216. The Balaban J connectivity index is 2.20. The molecule has 2 nitrogen and oxygen atoms in total. The highest BCUT2D eigenvalue weighted by molar-refractivity contribution is 5.67. The normalized spacial score (nSPS) is 23.4. The summed E-state index contributed by atoms with van der Waals surface area (Å²) in [6.45, 7) is 4.47. The molecule has 0 heterocycles. The van der Waals surface area contributed by atoms with Crippen molar-refractivity contribution in [3.8, 4) is 0 Å². The maximum Gasteiger partial charge on any atom is 0.148 e. The van der Waals surface area contributed by atoms with Gasteiger partial charge in [0.25, 0.3) is 0 Å². The average molecular weight is 236 g/mol. The van der Waals surface area contributed by atoms with E-state index >= 15 is 0 Å². The van der Waals surface area contributed by atoms with Gasteiger partial charge in [-0.25, -0.2) is 4.39 Å². The zero-order valence-electron chi connectivity index (χ0n) is 10.6. The molecule has 17 heavy (non-hydrogen) atoms. The SMILES string of the molecule is CC1(C)CCCCC1Nc1c(N)cccc1F. The summed E-state index contributed by atoms with van der Waals surface area (Å²) in [5.41, 5.74) is 6.98. The highest BCUT2D eigenvalue weighted by Gasteiger charge is 2.32. The van der Waals surface area contributed by atoms with Gasteiger partial charge in [0.15, 0.2) is 0 Å². The molecule has 94 valence electrons. The van der Waals surface area contributed by atoms with Gasteiger partial charge in [0.2, 0.25) is 0 Å². The highest BCUT2D eigenvalue weighted by Crippen LogP contribution is 2.38. The molecule has 3 heteroatoms. The van der Waals surface area contributed by atoms with E-state index in [0.29, 0.717) is 17.4 Å².